The molecule has 1 aromatic carbocycles. The molecule has 3 rings (SSSR count). The summed E-state index contributed by atoms with van der Waals surface area (Å²) in [6, 6.07) is 7.45. The van der Waals surface area contributed by atoms with Crippen molar-refractivity contribution >= 4 is 27.8 Å². The highest BCUT2D eigenvalue weighted by atomic mass is 79.9. The number of carbonyl (C=O) groups is 2. The molecule has 178 valence electrons. The molecule has 32 heavy (non-hydrogen) atoms. The van der Waals surface area contributed by atoms with Gasteiger partial charge in [-0.15, -0.1) is 0 Å². The van der Waals surface area contributed by atoms with E-state index < -0.39 is 17.5 Å². The largest absolute Gasteiger partial charge is 0.471 e. The number of benzene rings is 1. The van der Waals surface area contributed by atoms with Gasteiger partial charge in [-0.3, -0.25) is 9.59 Å². The van der Waals surface area contributed by atoms with Crippen LogP contribution < -0.4 is 0 Å². The molecule has 0 bridgehead atoms. The van der Waals surface area contributed by atoms with E-state index in [1.165, 1.54) is 7.11 Å². The Bertz CT molecular complexity index is 825. The van der Waals surface area contributed by atoms with Gasteiger partial charge in [0.1, 0.15) is 0 Å². The first-order valence-corrected chi connectivity index (χ1v) is 11.7. The topological polar surface area (TPSA) is 49.9 Å². The average Bonchev–Trinajstić information content (AvgIpc) is 3.46. The Hall–Kier alpha value is -1.61. The van der Waals surface area contributed by atoms with Crippen LogP contribution in [0.2, 0.25) is 0 Å². The Morgan fingerprint density at radius 2 is 1.94 bits per heavy atom. The fourth-order valence-corrected chi connectivity index (χ4v) is 5.12. The molecule has 0 unspecified atom stereocenters. The van der Waals surface area contributed by atoms with E-state index in [1.54, 1.807) is 0 Å². The maximum atomic E-state index is 13.4. The Kier molecular flexibility index (Phi) is 7.91. The molecule has 1 heterocycles. The summed E-state index contributed by atoms with van der Waals surface area (Å²) in [4.78, 5) is 27.0. The van der Waals surface area contributed by atoms with Gasteiger partial charge in [-0.2, -0.15) is 13.2 Å². The van der Waals surface area contributed by atoms with Crippen molar-refractivity contribution in [3.8, 4) is 0 Å². The first-order valence-electron chi connectivity index (χ1n) is 10.9. The molecule has 1 aromatic rings. The van der Waals surface area contributed by atoms with Gasteiger partial charge in [0.25, 0.3) is 0 Å². The minimum atomic E-state index is -4.87. The van der Waals surface area contributed by atoms with Gasteiger partial charge in [-0.05, 0) is 67.8 Å². The molecule has 1 amide bonds. The molecule has 1 aliphatic heterocycles. The van der Waals surface area contributed by atoms with Crippen molar-refractivity contribution in [1.82, 2.24) is 9.80 Å². The number of alkyl halides is 3. The highest BCUT2D eigenvalue weighted by Gasteiger charge is 2.52. The lowest BCUT2D eigenvalue weighted by atomic mass is 9.73. The number of halogens is 4. The van der Waals surface area contributed by atoms with Gasteiger partial charge in [0.05, 0.1) is 13.5 Å². The van der Waals surface area contributed by atoms with Crippen molar-refractivity contribution in [2.24, 2.45) is 11.3 Å². The minimum Gasteiger partial charge on any atom is -0.469 e. The average molecular weight is 519 g/mol. The maximum Gasteiger partial charge on any atom is 0.471 e. The summed E-state index contributed by atoms with van der Waals surface area (Å²) in [5.74, 6) is -1.92. The van der Waals surface area contributed by atoms with Crippen LogP contribution in [0.15, 0.2) is 28.7 Å². The molecule has 0 aromatic heterocycles. The van der Waals surface area contributed by atoms with E-state index >= 15 is 0 Å². The van der Waals surface area contributed by atoms with Gasteiger partial charge in [0.15, 0.2) is 0 Å². The second kappa shape index (κ2) is 10.1. The van der Waals surface area contributed by atoms with E-state index in [0.717, 1.165) is 14.9 Å². The van der Waals surface area contributed by atoms with Crippen LogP contribution >= 0.6 is 15.9 Å². The van der Waals surface area contributed by atoms with Crippen LogP contribution in [0.3, 0.4) is 0 Å². The minimum absolute atomic E-state index is 0.0874. The summed E-state index contributed by atoms with van der Waals surface area (Å²) in [5.41, 5.74) is 0.580. The van der Waals surface area contributed by atoms with Crippen LogP contribution in [-0.4, -0.2) is 67.2 Å². The molecule has 2 atom stereocenters. The number of carbonyl (C=O) groups excluding carboxylic acids is 2. The van der Waals surface area contributed by atoms with E-state index in [4.69, 9.17) is 4.74 Å². The molecule has 9 heteroatoms. The van der Waals surface area contributed by atoms with Crippen molar-refractivity contribution < 1.29 is 27.5 Å². The number of nitrogens with zero attached hydrogens (tertiary/aromatic N) is 2. The fraction of sp³-hybridized carbons (Fsp3) is 0.652. The molecule has 1 aliphatic carbocycles. The molecule has 1 saturated carbocycles. The van der Waals surface area contributed by atoms with E-state index in [0.29, 0.717) is 45.3 Å². The first-order chi connectivity index (χ1) is 15.0. The standard InChI is InChI=1S/C23H30BrF3N2O3/c1-16-12-19(16)29(21(31)23(25,26)27)15-22(14-17-4-3-5-18(24)13-17)7-10-28(11-8-22)9-6-20(30)32-2/h3-5,13,16,19H,6-12,14-15H2,1-2H3/t16-,19-/m1/s1. The van der Waals surface area contributed by atoms with Crippen molar-refractivity contribution in [2.45, 2.75) is 51.2 Å². The third-order valence-corrected chi connectivity index (χ3v) is 7.21. The summed E-state index contributed by atoms with van der Waals surface area (Å²) in [5, 5.41) is 0. The predicted octanol–water partition coefficient (Wildman–Crippen LogP) is 4.44. The van der Waals surface area contributed by atoms with Gasteiger partial charge in [-0.1, -0.05) is 35.0 Å². The normalized spacial score (nSPS) is 22.9. The Morgan fingerprint density at radius 1 is 1.28 bits per heavy atom. The van der Waals surface area contributed by atoms with Crippen molar-refractivity contribution in [2.75, 3.05) is 33.3 Å². The van der Waals surface area contributed by atoms with Gasteiger partial charge >= 0.3 is 18.1 Å². The molecular weight excluding hydrogens is 489 g/mol. The SMILES string of the molecule is COC(=O)CCN1CCC(Cc2cccc(Br)c2)(CN(C(=O)C(F)(F)F)[C@@H]2C[C@H]2C)CC1. The van der Waals surface area contributed by atoms with E-state index in [1.807, 2.05) is 31.2 Å². The van der Waals surface area contributed by atoms with E-state index in [9.17, 15) is 22.8 Å². The number of amides is 1. The summed E-state index contributed by atoms with van der Waals surface area (Å²) in [6.07, 6.45) is -2.07. The maximum absolute atomic E-state index is 13.4. The summed E-state index contributed by atoms with van der Waals surface area (Å²) in [7, 11) is 1.35. The molecule has 0 radical (unpaired) electrons. The number of piperidine rings is 1. The Morgan fingerprint density at radius 3 is 2.47 bits per heavy atom. The van der Waals surface area contributed by atoms with Crippen LogP contribution in [0.5, 0.6) is 0 Å². The van der Waals surface area contributed by atoms with Gasteiger partial charge in [0.2, 0.25) is 0 Å². The Balaban J connectivity index is 1.79. The predicted molar refractivity (Wildman–Crippen MR) is 118 cm³/mol. The van der Waals surface area contributed by atoms with E-state index in [-0.39, 0.29) is 30.9 Å². The summed E-state index contributed by atoms with van der Waals surface area (Å²) in [6.45, 7) is 3.87. The van der Waals surface area contributed by atoms with Crippen LogP contribution in [0.4, 0.5) is 13.2 Å². The highest BCUT2D eigenvalue weighted by Crippen LogP contribution is 2.43. The van der Waals surface area contributed by atoms with Crippen molar-refractivity contribution in [3.63, 3.8) is 0 Å². The number of hydrogen-bond acceptors (Lipinski definition) is 4. The van der Waals surface area contributed by atoms with Crippen LogP contribution in [0.1, 0.15) is 38.2 Å². The number of ether oxygens (including phenoxy) is 1. The molecule has 0 N–H and O–H groups in total. The smallest absolute Gasteiger partial charge is 0.469 e. The Labute approximate surface area is 195 Å². The van der Waals surface area contributed by atoms with Crippen molar-refractivity contribution in [3.05, 3.63) is 34.3 Å². The number of rotatable bonds is 8. The molecular formula is C23H30BrF3N2O3. The number of hydrogen-bond donors (Lipinski definition) is 0. The van der Waals surface area contributed by atoms with Crippen molar-refractivity contribution in [1.29, 1.82) is 0 Å². The lowest BCUT2D eigenvalue weighted by molar-refractivity contribution is -0.188. The highest BCUT2D eigenvalue weighted by molar-refractivity contribution is 9.10. The third kappa shape index (κ3) is 6.47. The number of methoxy groups -OCH3 is 1. The quantitative estimate of drug-likeness (QED) is 0.477. The van der Waals surface area contributed by atoms with Gasteiger partial charge in [-0.25, -0.2) is 0 Å². The lowest BCUT2D eigenvalue weighted by Gasteiger charge is -2.45. The monoisotopic (exact) mass is 518 g/mol. The first kappa shape index (κ1) is 25.0. The lowest BCUT2D eigenvalue weighted by Crippen LogP contribution is -2.52. The van der Waals surface area contributed by atoms with E-state index in [2.05, 4.69) is 20.8 Å². The molecule has 2 aliphatic rings. The number of esters is 1. The zero-order chi connectivity index (χ0) is 23.5. The van der Waals surface area contributed by atoms with Crippen LogP contribution in [0.25, 0.3) is 0 Å². The molecule has 2 fully saturated rings. The molecule has 0 spiro atoms. The number of likely N-dealkylation sites (tertiary alicyclic amines) is 1. The fourth-order valence-electron chi connectivity index (χ4n) is 4.67. The van der Waals surface area contributed by atoms with Crippen LogP contribution in [-0.2, 0) is 20.7 Å². The summed E-state index contributed by atoms with van der Waals surface area (Å²) >= 11 is 3.47. The molecule has 5 nitrogen and oxygen atoms in total. The van der Waals surface area contributed by atoms with Crippen LogP contribution in [0, 0.1) is 11.3 Å². The second-order valence-electron chi connectivity index (χ2n) is 9.19. The zero-order valence-corrected chi connectivity index (χ0v) is 20.0. The zero-order valence-electron chi connectivity index (χ0n) is 18.5. The summed E-state index contributed by atoms with van der Waals surface area (Å²) < 4.78 is 45.8. The van der Waals surface area contributed by atoms with Gasteiger partial charge in [0, 0.05) is 23.6 Å². The molecule has 1 saturated heterocycles. The second-order valence-corrected chi connectivity index (χ2v) is 10.1. The third-order valence-electron chi connectivity index (χ3n) is 6.72. The van der Waals surface area contributed by atoms with Gasteiger partial charge < -0.3 is 14.5 Å².